The predicted molar refractivity (Wildman–Crippen MR) is 148 cm³/mol. The highest BCUT2D eigenvalue weighted by Crippen LogP contribution is 2.32. The van der Waals surface area contributed by atoms with Crippen molar-refractivity contribution in [3.63, 3.8) is 0 Å². The SMILES string of the molecule is CN(C)C1CCN([C@H]2CC[C@H](Nc3nc(N4CCOCC4)cc(-n4c(C(F)F)nc5ccccc54)n3)CC2)C1=O. The van der Waals surface area contributed by atoms with Crippen molar-refractivity contribution in [2.45, 2.75) is 56.7 Å². The van der Waals surface area contributed by atoms with Crippen molar-refractivity contribution in [2.24, 2.45) is 0 Å². The third-order valence-corrected chi connectivity index (χ3v) is 8.35. The van der Waals surface area contributed by atoms with Crippen molar-refractivity contribution in [1.29, 1.82) is 0 Å². The lowest BCUT2D eigenvalue weighted by molar-refractivity contribution is -0.133. The number of nitrogens with one attached hydrogen (secondary N) is 1. The van der Waals surface area contributed by atoms with Crippen LogP contribution < -0.4 is 10.2 Å². The second-order valence-corrected chi connectivity index (χ2v) is 11.1. The number of imidazole rings is 1. The molecule has 6 rings (SSSR count). The standard InChI is InChI=1S/C28H36F2N8O2/c1-35(2)22-11-12-37(27(22)39)19-9-7-18(8-10-19)31-28-33-23(36-13-15-40-16-14-36)17-24(34-28)38-21-6-4-3-5-20(21)32-26(38)25(29)30/h3-6,17-19,22,25H,7-16H2,1-2H3,(H,31,33,34)/t18-,19-,22?. The lowest BCUT2D eigenvalue weighted by Gasteiger charge is -2.35. The molecule has 40 heavy (non-hydrogen) atoms. The summed E-state index contributed by atoms with van der Waals surface area (Å²) in [6.07, 6.45) is 1.66. The van der Waals surface area contributed by atoms with Gasteiger partial charge in [-0.05, 0) is 58.3 Å². The molecule has 3 aromatic rings. The molecule has 2 aliphatic heterocycles. The number of rotatable bonds is 7. The second-order valence-electron chi connectivity index (χ2n) is 11.1. The Hall–Kier alpha value is -3.38. The van der Waals surface area contributed by atoms with E-state index in [4.69, 9.17) is 14.7 Å². The van der Waals surface area contributed by atoms with Gasteiger partial charge in [0.25, 0.3) is 6.43 Å². The number of para-hydroxylation sites is 2. The lowest BCUT2D eigenvalue weighted by atomic mass is 9.90. The van der Waals surface area contributed by atoms with Gasteiger partial charge in [-0.2, -0.15) is 9.97 Å². The molecular weight excluding hydrogens is 518 g/mol. The largest absolute Gasteiger partial charge is 0.378 e. The number of carbonyl (C=O) groups is 1. The smallest absolute Gasteiger partial charge is 0.296 e. The summed E-state index contributed by atoms with van der Waals surface area (Å²) in [5.41, 5.74) is 1.06. The van der Waals surface area contributed by atoms with Crippen LogP contribution in [0.3, 0.4) is 0 Å². The fourth-order valence-corrected chi connectivity index (χ4v) is 6.23. The minimum absolute atomic E-state index is 0.0250. The first-order chi connectivity index (χ1) is 19.4. The number of carbonyl (C=O) groups excluding carboxylic acids is 1. The highest BCUT2D eigenvalue weighted by atomic mass is 19.3. The van der Waals surface area contributed by atoms with Crippen molar-refractivity contribution < 1.29 is 18.3 Å². The Labute approximate surface area is 232 Å². The predicted octanol–water partition coefficient (Wildman–Crippen LogP) is 3.48. The fourth-order valence-electron chi connectivity index (χ4n) is 6.23. The Morgan fingerprint density at radius 3 is 2.40 bits per heavy atom. The maximum atomic E-state index is 14.1. The van der Waals surface area contributed by atoms with Gasteiger partial charge >= 0.3 is 0 Å². The van der Waals surface area contributed by atoms with E-state index in [2.05, 4.69) is 20.1 Å². The molecule has 10 nitrogen and oxygen atoms in total. The number of amides is 1. The zero-order valence-electron chi connectivity index (χ0n) is 23.0. The van der Waals surface area contributed by atoms with Gasteiger partial charge in [0.1, 0.15) is 11.6 Å². The van der Waals surface area contributed by atoms with Crippen LogP contribution in [0.2, 0.25) is 0 Å². The molecule has 1 aliphatic carbocycles. The zero-order chi connectivity index (χ0) is 27.8. The molecule has 4 heterocycles. The molecule has 0 bridgehead atoms. The molecule has 1 unspecified atom stereocenters. The number of aromatic nitrogens is 4. The third kappa shape index (κ3) is 5.22. The van der Waals surface area contributed by atoms with Crippen molar-refractivity contribution in [1.82, 2.24) is 29.3 Å². The first kappa shape index (κ1) is 26.8. The molecule has 1 atom stereocenters. The number of hydrogen-bond acceptors (Lipinski definition) is 8. The Bertz CT molecular complexity index is 1350. The first-order valence-electron chi connectivity index (χ1n) is 14.1. The van der Waals surface area contributed by atoms with Crippen molar-refractivity contribution >= 4 is 28.7 Å². The van der Waals surface area contributed by atoms with E-state index < -0.39 is 6.43 Å². The zero-order valence-corrected chi connectivity index (χ0v) is 23.0. The number of alkyl halides is 2. The summed E-state index contributed by atoms with van der Waals surface area (Å²) in [4.78, 5) is 32.8. The normalized spacial score (nSPS) is 24.1. The van der Waals surface area contributed by atoms with E-state index in [0.29, 0.717) is 54.9 Å². The number of hydrogen-bond donors (Lipinski definition) is 1. The summed E-state index contributed by atoms with van der Waals surface area (Å²) >= 11 is 0. The molecule has 2 saturated heterocycles. The molecule has 12 heteroatoms. The summed E-state index contributed by atoms with van der Waals surface area (Å²) in [7, 11) is 3.92. The van der Waals surface area contributed by atoms with Gasteiger partial charge < -0.3 is 19.9 Å². The van der Waals surface area contributed by atoms with Gasteiger partial charge in [-0.3, -0.25) is 14.3 Å². The number of nitrogens with zero attached hydrogens (tertiary/aromatic N) is 7. The number of benzene rings is 1. The molecule has 1 amide bonds. The minimum atomic E-state index is -2.76. The van der Waals surface area contributed by atoms with Crippen LogP contribution in [0.5, 0.6) is 0 Å². The molecule has 1 N–H and O–H groups in total. The Morgan fingerprint density at radius 1 is 0.975 bits per heavy atom. The summed E-state index contributed by atoms with van der Waals surface area (Å²) in [6, 6.07) is 9.20. The third-order valence-electron chi connectivity index (χ3n) is 8.35. The van der Waals surface area contributed by atoms with Crippen LogP contribution in [0.15, 0.2) is 30.3 Å². The van der Waals surface area contributed by atoms with Crippen LogP contribution in [0.4, 0.5) is 20.5 Å². The number of fused-ring (bicyclic) bond motifs is 1. The van der Waals surface area contributed by atoms with Gasteiger partial charge in [0.2, 0.25) is 11.9 Å². The maximum Gasteiger partial charge on any atom is 0.296 e. The number of likely N-dealkylation sites (tertiary alicyclic amines) is 1. The van der Waals surface area contributed by atoms with Gasteiger partial charge in [-0.1, -0.05) is 12.1 Å². The molecule has 0 spiro atoms. The van der Waals surface area contributed by atoms with Gasteiger partial charge in [-0.25, -0.2) is 13.8 Å². The average molecular weight is 555 g/mol. The van der Waals surface area contributed by atoms with Gasteiger partial charge in [-0.15, -0.1) is 0 Å². The topological polar surface area (TPSA) is 91.7 Å². The summed E-state index contributed by atoms with van der Waals surface area (Å²) < 4.78 is 35.2. The van der Waals surface area contributed by atoms with Crippen LogP contribution in [-0.2, 0) is 9.53 Å². The van der Waals surface area contributed by atoms with Crippen LogP contribution in [-0.4, -0.2) is 100 Å². The highest BCUT2D eigenvalue weighted by Gasteiger charge is 2.38. The van der Waals surface area contributed by atoms with E-state index in [1.165, 1.54) is 4.57 Å². The van der Waals surface area contributed by atoms with E-state index in [1.807, 2.05) is 25.1 Å². The van der Waals surface area contributed by atoms with Crippen molar-refractivity contribution in [2.75, 3.05) is 57.2 Å². The van der Waals surface area contributed by atoms with Crippen LogP contribution in [0.1, 0.15) is 44.4 Å². The molecule has 3 aliphatic rings. The number of anilines is 2. The quantitative estimate of drug-likeness (QED) is 0.475. The van der Waals surface area contributed by atoms with E-state index in [-0.39, 0.29) is 29.9 Å². The van der Waals surface area contributed by atoms with Crippen LogP contribution in [0, 0.1) is 0 Å². The molecular formula is C28H36F2N8O2. The maximum absolute atomic E-state index is 14.1. The number of ether oxygens (including phenoxy) is 1. The van der Waals surface area contributed by atoms with Crippen LogP contribution in [0.25, 0.3) is 16.9 Å². The monoisotopic (exact) mass is 554 g/mol. The highest BCUT2D eigenvalue weighted by molar-refractivity contribution is 5.84. The minimum Gasteiger partial charge on any atom is -0.378 e. The Balaban J connectivity index is 1.26. The molecule has 214 valence electrons. The number of morpholine rings is 1. The second kappa shape index (κ2) is 11.2. The van der Waals surface area contributed by atoms with E-state index >= 15 is 0 Å². The summed E-state index contributed by atoms with van der Waals surface area (Å²) in [6.45, 7) is 3.28. The Kier molecular flexibility index (Phi) is 7.54. The van der Waals surface area contributed by atoms with Gasteiger partial charge in [0.05, 0.1) is 30.3 Å². The van der Waals surface area contributed by atoms with Crippen LogP contribution >= 0.6 is 0 Å². The molecule has 0 radical (unpaired) electrons. The van der Waals surface area contributed by atoms with E-state index in [1.54, 1.807) is 24.3 Å². The van der Waals surface area contributed by atoms with Gasteiger partial charge in [0.15, 0.2) is 5.82 Å². The van der Waals surface area contributed by atoms with Crippen molar-refractivity contribution in [3.8, 4) is 5.82 Å². The van der Waals surface area contributed by atoms with Gasteiger partial charge in [0, 0.05) is 37.8 Å². The van der Waals surface area contributed by atoms with E-state index in [0.717, 1.165) is 38.6 Å². The number of likely N-dealkylation sites (N-methyl/N-ethyl adjacent to an activating group) is 1. The molecule has 1 aromatic carbocycles. The summed E-state index contributed by atoms with van der Waals surface area (Å²) in [5.74, 6) is 1.32. The van der Waals surface area contributed by atoms with E-state index in [9.17, 15) is 13.6 Å². The molecule has 2 aromatic heterocycles. The molecule has 1 saturated carbocycles. The average Bonchev–Trinajstić information content (AvgIpc) is 3.55. The molecule has 3 fully saturated rings. The Morgan fingerprint density at radius 2 is 1.70 bits per heavy atom. The van der Waals surface area contributed by atoms with Crippen molar-refractivity contribution in [3.05, 3.63) is 36.2 Å². The summed E-state index contributed by atoms with van der Waals surface area (Å²) in [5, 5.41) is 3.50. The lowest BCUT2D eigenvalue weighted by Crippen LogP contribution is -2.45. The number of halogens is 2. The first-order valence-corrected chi connectivity index (χ1v) is 14.1. The fraction of sp³-hybridized carbons (Fsp3) is 0.571.